The molecule has 0 spiro atoms. The summed E-state index contributed by atoms with van der Waals surface area (Å²) in [7, 11) is 0. The Labute approximate surface area is 147 Å². The highest BCUT2D eigenvalue weighted by molar-refractivity contribution is 5.91. The monoisotopic (exact) mass is 348 g/mol. The predicted molar refractivity (Wildman–Crippen MR) is 91.4 cm³/mol. The van der Waals surface area contributed by atoms with E-state index in [1.165, 1.54) is 0 Å². The maximum absolute atomic E-state index is 11.9. The first-order valence-corrected chi connectivity index (χ1v) is 8.22. The molecule has 1 fully saturated rings. The van der Waals surface area contributed by atoms with E-state index in [1.54, 1.807) is 6.08 Å². The largest absolute Gasteiger partial charge is 0.458 e. The summed E-state index contributed by atoms with van der Waals surface area (Å²) in [6.07, 6.45) is 4.11. The molecule has 1 saturated heterocycles. The van der Waals surface area contributed by atoms with Crippen LogP contribution in [0.5, 0.6) is 0 Å². The van der Waals surface area contributed by atoms with Crippen molar-refractivity contribution in [3.8, 4) is 0 Å². The second-order valence-corrected chi connectivity index (χ2v) is 6.44. The fourth-order valence-electron chi connectivity index (χ4n) is 3.01. The van der Waals surface area contributed by atoms with Gasteiger partial charge in [0.25, 0.3) is 0 Å². The average molecular weight is 348 g/mol. The maximum atomic E-state index is 11.9. The molecule has 0 bridgehead atoms. The second kappa shape index (κ2) is 8.27. The number of ether oxygens (including phenoxy) is 2. The normalized spacial score (nSPS) is 31.1. The summed E-state index contributed by atoms with van der Waals surface area (Å²) in [4.78, 5) is 23.5. The minimum absolute atomic E-state index is 0.0178. The van der Waals surface area contributed by atoms with Crippen LogP contribution in [0.3, 0.4) is 0 Å². The van der Waals surface area contributed by atoms with Crippen molar-refractivity contribution >= 4 is 11.9 Å². The molecule has 6 heteroatoms. The summed E-state index contributed by atoms with van der Waals surface area (Å²) in [6, 6.07) is 0. The number of esters is 2. The van der Waals surface area contributed by atoms with Gasteiger partial charge in [-0.1, -0.05) is 30.9 Å². The third kappa shape index (κ3) is 4.67. The van der Waals surface area contributed by atoms with Crippen molar-refractivity contribution in [3.63, 3.8) is 0 Å². The highest BCUT2D eigenvalue weighted by Gasteiger charge is 2.42. The number of hydrogen-bond acceptors (Lipinski definition) is 6. The fraction of sp³-hybridized carbons (Fsp3) is 0.474. The van der Waals surface area contributed by atoms with E-state index >= 15 is 0 Å². The lowest BCUT2D eigenvalue weighted by molar-refractivity contribution is -0.141. The zero-order valence-electron chi connectivity index (χ0n) is 14.4. The van der Waals surface area contributed by atoms with Gasteiger partial charge in [-0.2, -0.15) is 0 Å². The number of fused-ring (bicyclic) bond motifs is 1. The first kappa shape index (κ1) is 19.1. The topological polar surface area (TPSA) is 93.1 Å². The van der Waals surface area contributed by atoms with E-state index in [0.29, 0.717) is 6.42 Å². The van der Waals surface area contributed by atoms with Gasteiger partial charge >= 0.3 is 11.9 Å². The smallest absolute Gasteiger partial charge is 0.336 e. The van der Waals surface area contributed by atoms with Crippen molar-refractivity contribution in [2.45, 2.75) is 38.4 Å². The van der Waals surface area contributed by atoms with Crippen LogP contribution in [0, 0.1) is 5.92 Å². The van der Waals surface area contributed by atoms with E-state index in [-0.39, 0.29) is 17.8 Å². The lowest BCUT2D eigenvalue weighted by Crippen LogP contribution is -2.29. The van der Waals surface area contributed by atoms with Gasteiger partial charge in [-0.15, -0.1) is 0 Å². The average Bonchev–Trinajstić information content (AvgIpc) is 2.84. The highest BCUT2D eigenvalue weighted by Crippen LogP contribution is 2.35. The quantitative estimate of drug-likeness (QED) is 0.455. The van der Waals surface area contributed by atoms with E-state index < -0.39 is 36.7 Å². The van der Waals surface area contributed by atoms with Gasteiger partial charge in [0.2, 0.25) is 0 Å². The van der Waals surface area contributed by atoms with Crippen molar-refractivity contribution in [1.29, 1.82) is 0 Å². The Bertz CT molecular complexity index is 642. The molecule has 2 rings (SSSR count). The zero-order chi connectivity index (χ0) is 18.6. The summed E-state index contributed by atoms with van der Waals surface area (Å²) in [5, 5.41) is 19.4. The molecule has 0 amide bonds. The molecule has 1 aliphatic carbocycles. The Balaban J connectivity index is 2.17. The number of aliphatic hydroxyl groups excluding tert-OH is 2. The molecule has 2 N–H and O–H groups in total. The lowest BCUT2D eigenvalue weighted by Gasteiger charge is -2.23. The number of allylic oxidation sites excluding steroid dienone is 2. The molecular weight excluding hydrogens is 324 g/mol. The molecule has 0 aromatic carbocycles. The summed E-state index contributed by atoms with van der Waals surface area (Å²) < 4.78 is 10.5. The molecule has 0 radical (unpaired) electrons. The lowest BCUT2D eigenvalue weighted by atomic mass is 9.85. The molecule has 6 nitrogen and oxygen atoms in total. The van der Waals surface area contributed by atoms with Gasteiger partial charge in [0.15, 0.2) is 0 Å². The molecule has 1 heterocycles. The van der Waals surface area contributed by atoms with Gasteiger partial charge in [-0.3, -0.25) is 0 Å². The Kier molecular flexibility index (Phi) is 6.33. The SMILES string of the molecule is C=C(CO)C(=O)OC/C1=C\CC/C(C)=C/[C@@H](O)[C@@H]2C(=C)C(=O)O[C@H]2C1. The van der Waals surface area contributed by atoms with Crippen LogP contribution in [0.1, 0.15) is 26.2 Å². The molecular formula is C19H24O6. The van der Waals surface area contributed by atoms with E-state index in [4.69, 9.17) is 14.6 Å². The zero-order valence-corrected chi connectivity index (χ0v) is 14.4. The van der Waals surface area contributed by atoms with Gasteiger partial charge in [0.1, 0.15) is 12.7 Å². The van der Waals surface area contributed by atoms with Crippen molar-refractivity contribution in [1.82, 2.24) is 0 Å². The van der Waals surface area contributed by atoms with Gasteiger partial charge in [-0.05, 0) is 25.3 Å². The first-order valence-electron chi connectivity index (χ1n) is 8.22. The number of rotatable bonds is 4. The van der Waals surface area contributed by atoms with Crippen molar-refractivity contribution < 1.29 is 29.3 Å². The molecule has 0 aromatic rings. The summed E-state index contributed by atoms with van der Waals surface area (Å²) in [6.45, 7) is 8.64. The minimum atomic E-state index is -0.847. The van der Waals surface area contributed by atoms with Crippen LogP contribution in [-0.4, -0.2) is 47.6 Å². The molecule has 2 aliphatic rings. The molecule has 136 valence electrons. The van der Waals surface area contributed by atoms with Crippen LogP contribution >= 0.6 is 0 Å². The summed E-state index contributed by atoms with van der Waals surface area (Å²) in [5.74, 6) is -1.70. The van der Waals surface area contributed by atoms with Crippen LogP contribution in [0.15, 0.2) is 47.6 Å². The van der Waals surface area contributed by atoms with Gasteiger partial charge in [0, 0.05) is 12.0 Å². The Hall–Kier alpha value is -2.18. The van der Waals surface area contributed by atoms with Crippen LogP contribution in [0.4, 0.5) is 0 Å². The van der Waals surface area contributed by atoms with E-state index in [1.807, 2.05) is 13.0 Å². The number of carbonyl (C=O) groups excluding carboxylic acids is 2. The molecule has 0 unspecified atom stereocenters. The Morgan fingerprint density at radius 1 is 1.48 bits per heavy atom. The molecule has 3 atom stereocenters. The highest BCUT2D eigenvalue weighted by atomic mass is 16.6. The maximum Gasteiger partial charge on any atom is 0.336 e. The summed E-state index contributed by atoms with van der Waals surface area (Å²) in [5.41, 5.74) is 2.03. The first-order chi connectivity index (χ1) is 11.8. The Morgan fingerprint density at radius 3 is 2.88 bits per heavy atom. The van der Waals surface area contributed by atoms with Crippen molar-refractivity contribution in [2.24, 2.45) is 5.92 Å². The van der Waals surface area contributed by atoms with Gasteiger partial charge < -0.3 is 19.7 Å². The number of carbonyl (C=O) groups is 2. The molecule has 25 heavy (non-hydrogen) atoms. The third-order valence-corrected chi connectivity index (χ3v) is 4.45. The molecule has 1 aliphatic heterocycles. The van der Waals surface area contributed by atoms with Crippen LogP contribution in [0.25, 0.3) is 0 Å². The number of aliphatic hydroxyl groups is 2. The molecule has 0 aromatic heterocycles. The predicted octanol–water partition coefficient (Wildman–Crippen LogP) is 1.59. The van der Waals surface area contributed by atoms with Crippen LogP contribution < -0.4 is 0 Å². The van der Waals surface area contributed by atoms with Gasteiger partial charge in [0.05, 0.1) is 24.2 Å². The van der Waals surface area contributed by atoms with E-state index in [2.05, 4.69) is 13.2 Å². The Morgan fingerprint density at radius 2 is 2.20 bits per heavy atom. The van der Waals surface area contributed by atoms with Crippen LogP contribution in [-0.2, 0) is 19.1 Å². The van der Waals surface area contributed by atoms with Crippen molar-refractivity contribution in [3.05, 3.63) is 47.6 Å². The molecule has 0 saturated carbocycles. The standard InChI is InChI=1S/C19H24O6/c1-11-5-4-6-14(10-24-18(22)12(2)9-20)8-16-17(15(21)7-11)13(3)19(23)25-16/h6-7,15-17,20-21H,2-5,8-10H2,1H3/b11-7+,14-6-/t15-,16+,17+/m1/s1. The van der Waals surface area contributed by atoms with E-state index in [0.717, 1.165) is 24.0 Å². The van der Waals surface area contributed by atoms with E-state index in [9.17, 15) is 14.7 Å². The third-order valence-electron chi connectivity index (χ3n) is 4.45. The fourth-order valence-corrected chi connectivity index (χ4v) is 3.01. The number of hydrogen-bond donors (Lipinski definition) is 2. The van der Waals surface area contributed by atoms with Crippen molar-refractivity contribution in [2.75, 3.05) is 13.2 Å². The second-order valence-electron chi connectivity index (χ2n) is 6.44. The summed E-state index contributed by atoms with van der Waals surface area (Å²) >= 11 is 0. The van der Waals surface area contributed by atoms with Crippen LogP contribution in [0.2, 0.25) is 0 Å². The van der Waals surface area contributed by atoms with Gasteiger partial charge in [-0.25, -0.2) is 9.59 Å². The minimum Gasteiger partial charge on any atom is -0.458 e.